The van der Waals surface area contributed by atoms with Crippen molar-refractivity contribution in [3.05, 3.63) is 51.2 Å². The molecule has 0 saturated carbocycles. The second kappa shape index (κ2) is 8.18. The largest absolute Gasteiger partial charge is 0.337 e. The summed E-state index contributed by atoms with van der Waals surface area (Å²) in [6, 6.07) is 0.992. The van der Waals surface area contributed by atoms with Gasteiger partial charge in [0.25, 0.3) is 5.91 Å². The third-order valence-corrected chi connectivity index (χ3v) is 5.44. The van der Waals surface area contributed by atoms with Crippen LogP contribution in [-0.4, -0.2) is 41.2 Å². The van der Waals surface area contributed by atoms with Gasteiger partial charge in [0, 0.05) is 42.9 Å². The monoisotopic (exact) mass is 397 g/mol. The van der Waals surface area contributed by atoms with Crippen molar-refractivity contribution in [3.63, 3.8) is 0 Å². The van der Waals surface area contributed by atoms with Gasteiger partial charge in [-0.1, -0.05) is 0 Å². The molecule has 0 radical (unpaired) electrons. The van der Waals surface area contributed by atoms with Crippen molar-refractivity contribution < 1.29 is 22.8 Å². The van der Waals surface area contributed by atoms with E-state index in [1.807, 2.05) is 0 Å². The molecule has 1 aromatic carbocycles. The molecule has 1 saturated heterocycles. The van der Waals surface area contributed by atoms with Gasteiger partial charge in [0.15, 0.2) is 5.78 Å². The topological polar surface area (TPSA) is 76.3 Å². The molecule has 1 fully saturated rings. The first-order valence-electron chi connectivity index (χ1n) is 8.53. The van der Waals surface area contributed by atoms with E-state index in [1.54, 1.807) is 10.3 Å². The summed E-state index contributed by atoms with van der Waals surface area (Å²) in [5, 5.41) is 2.46. The average molecular weight is 397 g/mol. The molecule has 27 heavy (non-hydrogen) atoms. The Labute approximate surface area is 158 Å². The molecule has 1 amide bonds. The van der Waals surface area contributed by atoms with Crippen molar-refractivity contribution in [1.82, 2.24) is 9.88 Å². The number of thiazole rings is 1. The minimum absolute atomic E-state index is 0.237. The highest BCUT2D eigenvalue weighted by Gasteiger charge is 2.32. The smallest absolute Gasteiger partial charge is 0.273 e. The number of piperidine rings is 1. The molecule has 2 heterocycles. The fourth-order valence-corrected chi connectivity index (χ4v) is 3.92. The van der Waals surface area contributed by atoms with Crippen molar-refractivity contribution in [2.45, 2.75) is 19.3 Å². The van der Waals surface area contributed by atoms with E-state index >= 15 is 0 Å². The number of benzene rings is 1. The van der Waals surface area contributed by atoms with Gasteiger partial charge < -0.3 is 10.6 Å². The first-order chi connectivity index (χ1) is 12.9. The number of amides is 1. The zero-order chi connectivity index (χ0) is 19.6. The zero-order valence-corrected chi connectivity index (χ0v) is 15.2. The van der Waals surface area contributed by atoms with E-state index in [0.29, 0.717) is 30.8 Å². The molecule has 0 spiro atoms. The van der Waals surface area contributed by atoms with Crippen LogP contribution in [0.2, 0.25) is 0 Å². The van der Waals surface area contributed by atoms with Crippen molar-refractivity contribution in [3.8, 4) is 0 Å². The number of Topliss-reactive ketones (excluding diaryl/α,β-unsaturated/α-hetero) is 1. The number of carbonyl (C=O) groups excluding carboxylic acids is 2. The van der Waals surface area contributed by atoms with Crippen LogP contribution in [0.3, 0.4) is 0 Å². The highest BCUT2D eigenvalue weighted by Crippen LogP contribution is 2.26. The number of aromatic nitrogens is 1. The van der Waals surface area contributed by atoms with Crippen LogP contribution in [0.5, 0.6) is 0 Å². The number of likely N-dealkylation sites (tertiary alicyclic amines) is 1. The lowest BCUT2D eigenvalue weighted by atomic mass is 9.88. The summed E-state index contributed by atoms with van der Waals surface area (Å²) >= 11 is 1.37. The maximum absolute atomic E-state index is 13.8. The quantitative estimate of drug-likeness (QED) is 0.788. The van der Waals surface area contributed by atoms with E-state index in [9.17, 15) is 22.8 Å². The van der Waals surface area contributed by atoms with E-state index in [1.165, 1.54) is 11.3 Å². The second-order valence-corrected chi connectivity index (χ2v) is 7.28. The Morgan fingerprint density at radius 3 is 2.41 bits per heavy atom. The number of rotatable bonds is 5. The fourth-order valence-electron chi connectivity index (χ4n) is 3.14. The second-order valence-electron chi connectivity index (χ2n) is 6.34. The van der Waals surface area contributed by atoms with Crippen molar-refractivity contribution in [2.75, 3.05) is 19.6 Å². The SMILES string of the molecule is NCCc1nc(C(=O)N2CCC(C(=O)c3c(F)cc(F)cc3F)CC2)cs1. The van der Waals surface area contributed by atoms with Crippen molar-refractivity contribution >= 4 is 23.0 Å². The summed E-state index contributed by atoms with van der Waals surface area (Å²) in [5.74, 6) is -5.03. The summed E-state index contributed by atoms with van der Waals surface area (Å²) in [6.07, 6.45) is 1.16. The van der Waals surface area contributed by atoms with Crippen LogP contribution in [0, 0.1) is 23.4 Å². The minimum atomic E-state index is -1.20. The summed E-state index contributed by atoms with van der Waals surface area (Å²) in [7, 11) is 0. The fraction of sp³-hybridized carbons (Fsp3) is 0.389. The van der Waals surface area contributed by atoms with Gasteiger partial charge in [-0.05, 0) is 19.4 Å². The standard InChI is InChI=1S/C18H18F3N3O2S/c19-11-7-12(20)16(13(21)8-11)17(25)10-2-5-24(6-3-10)18(26)14-9-27-15(23-14)1-4-22/h7-10H,1-6,22H2. The van der Waals surface area contributed by atoms with E-state index in [4.69, 9.17) is 5.73 Å². The summed E-state index contributed by atoms with van der Waals surface area (Å²) in [6.45, 7) is 1.01. The molecule has 5 nitrogen and oxygen atoms in total. The van der Waals surface area contributed by atoms with Crippen molar-refractivity contribution in [1.29, 1.82) is 0 Å². The molecule has 0 unspecified atom stereocenters. The van der Waals surface area contributed by atoms with E-state index < -0.39 is 34.7 Å². The van der Waals surface area contributed by atoms with Crippen LogP contribution >= 0.6 is 11.3 Å². The van der Waals surface area contributed by atoms with Gasteiger partial charge in [-0.2, -0.15) is 0 Å². The van der Waals surface area contributed by atoms with Crippen LogP contribution < -0.4 is 5.73 Å². The van der Waals surface area contributed by atoms with Gasteiger partial charge in [0.2, 0.25) is 0 Å². The molecule has 2 N–H and O–H groups in total. The third kappa shape index (κ3) is 4.19. The number of halogens is 3. The summed E-state index contributed by atoms with van der Waals surface area (Å²) < 4.78 is 40.7. The van der Waals surface area contributed by atoms with Gasteiger partial charge in [-0.3, -0.25) is 9.59 Å². The molecule has 2 aromatic rings. The molecule has 0 atom stereocenters. The number of ketones is 1. The van der Waals surface area contributed by atoms with Gasteiger partial charge >= 0.3 is 0 Å². The van der Waals surface area contributed by atoms with E-state index in [2.05, 4.69) is 4.98 Å². The molecule has 0 aliphatic carbocycles. The number of nitrogens with two attached hydrogens (primary N) is 1. The highest BCUT2D eigenvalue weighted by molar-refractivity contribution is 7.09. The maximum Gasteiger partial charge on any atom is 0.273 e. The Morgan fingerprint density at radius 2 is 1.81 bits per heavy atom. The molecular formula is C18H18F3N3O2S. The normalized spacial score (nSPS) is 15.2. The number of hydrogen-bond donors (Lipinski definition) is 1. The van der Waals surface area contributed by atoms with E-state index in [-0.39, 0.29) is 31.8 Å². The van der Waals surface area contributed by atoms with Crippen LogP contribution in [0.1, 0.15) is 38.7 Å². The lowest BCUT2D eigenvalue weighted by Gasteiger charge is -2.31. The van der Waals surface area contributed by atoms with Gasteiger partial charge in [0.1, 0.15) is 23.1 Å². The third-order valence-electron chi connectivity index (χ3n) is 4.54. The number of carbonyl (C=O) groups is 2. The van der Waals surface area contributed by atoms with Gasteiger partial charge in [-0.15, -0.1) is 11.3 Å². The molecule has 0 bridgehead atoms. The van der Waals surface area contributed by atoms with Gasteiger partial charge in [-0.25, -0.2) is 18.2 Å². The highest BCUT2D eigenvalue weighted by atomic mass is 32.1. The predicted octanol–water partition coefficient (Wildman–Crippen LogP) is 2.80. The molecule has 144 valence electrons. The Morgan fingerprint density at radius 1 is 1.19 bits per heavy atom. The van der Waals surface area contributed by atoms with E-state index in [0.717, 1.165) is 5.01 Å². The Balaban J connectivity index is 1.64. The van der Waals surface area contributed by atoms with Gasteiger partial charge in [0.05, 0.1) is 10.6 Å². The van der Waals surface area contributed by atoms with Crippen LogP contribution in [0.25, 0.3) is 0 Å². The number of hydrogen-bond acceptors (Lipinski definition) is 5. The Bertz CT molecular complexity index is 840. The Hall–Kier alpha value is -2.26. The summed E-state index contributed by atoms with van der Waals surface area (Å²) in [5.41, 5.74) is 5.10. The average Bonchev–Trinajstić information content (AvgIpc) is 3.09. The molecule has 1 aromatic heterocycles. The first kappa shape index (κ1) is 19.5. The summed E-state index contributed by atoms with van der Waals surface area (Å²) in [4.78, 5) is 30.8. The maximum atomic E-state index is 13.8. The van der Waals surface area contributed by atoms with Crippen LogP contribution in [-0.2, 0) is 6.42 Å². The van der Waals surface area contributed by atoms with Crippen molar-refractivity contribution in [2.24, 2.45) is 11.7 Å². The zero-order valence-electron chi connectivity index (χ0n) is 14.4. The van der Waals surface area contributed by atoms with Crippen LogP contribution in [0.4, 0.5) is 13.2 Å². The molecule has 1 aliphatic rings. The number of nitrogens with zero attached hydrogens (tertiary/aromatic N) is 2. The lowest BCUT2D eigenvalue weighted by Crippen LogP contribution is -2.40. The predicted molar refractivity (Wildman–Crippen MR) is 94.1 cm³/mol. The first-order valence-corrected chi connectivity index (χ1v) is 9.41. The Kier molecular flexibility index (Phi) is 5.91. The molecule has 3 rings (SSSR count). The minimum Gasteiger partial charge on any atom is -0.337 e. The lowest BCUT2D eigenvalue weighted by molar-refractivity contribution is 0.0643. The molecule has 1 aliphatic heterocycles. The molecule has 9 heteroatoms. The molecular weight excluding hydrogens is 379 g/mol. The van der Waals surface area contributed by atoms with Crippen LogP contribution in [0.15, 0.2) is 17.5 Å².